The number of para-hydroxylation sites is 1. The topological polar surface area (TPSA) is 96.2 Å². The highest BCUT2D eigenvalue weighted by atomic mass is 32.2. The minimum Gasteiger partial charge on any atom is -0.494 e. The molecule has 2 aromatic heterocycles. The maximum atomic E-state index is 13.2. The number of benzene rings is 1. The van der Waals surface area contributed by atoms with Gasteiger partial charge in [0.25, 0.3) is 0 Å². The molecule has 1 N–H and O–H groups in total. The van der Waals surface area contributed by atoms with Crippen LogP contribution in [0, 0.1) is 5.82 Å². The fourth-order valence-electron chi connectivity index (χ4n) is 3.62. The van der Waals surface area contributed by atoms with E-state index in [2.05, 4.69) is 38.7 Å². The van der Waals surface area contributed by atoms with Crippen molar-refractivity contribution in [1.82, 2.24) is 24.7 Å². The molecular formula is C25H35FN6O3S. The Hall–Kier alpha value is -2.92. The van der Waals surface area contributed by atoms with E-state index in [1.54, 1.807) is 21.3 Å². The predicted molar refractivity (Wildman–Crippen MR) is 140 cm³/mol. The molecule has 0 saturated carbocycles. The van der Waals surface area contributed by atoms with Gasteiger partial charge >= 0.3 is 0 Å². The van der Waals surface area contributed by atoms with Gasteiger partial charge in [0.05, 0.1) is 32.2 Å². The summed E-state index contributed by atoms with van der Waals surface area (Å²) < 4.78 is 35.4. The molecule has 0 aliphatic heterocycles. The Morgan fingerprint density at radius 1 is 1.06 bits per heavy atom. The number of rotatable bonds is 13. The van der Waals surface area contributed by atoms with Gasteiger partial charge in [-0.25, -0.2) is 14.4 Å². The van der Waals surface area contributed by atoms with E-state index in [4.69, 9.17) is 14.2 Å². The lowest BCUT2D eigenvalue weighted by Crippen LogP contribution is -2.22. The average molecular weight is 519 g/mol. The molecule has 0 aliphatic carbocycles. The molecule has 3 aromatic rings. The lowest BCUT2D eigenvalue weighted by molar-refractivity contribution is 0.0139. The highest BCUT2D eigenvalue weighted by molar-refractivity contribution is 8.01. The third kappa shape index (κ3) is 6.64. The number of halogens is 1. The molecule has 0 radical (unpaired) electrons. The van der Waals surface area contributed by atoms with Crippen LogP contribution in [0.4, 0.5) is 10.3 Å². The Bertz CT molecular complexity index is 1100. The van der Waals surface area contributed by atoms with Crippen molar-refractivity contribution in [1.29, 1.82) is 0 Å². The van der Waals surface area contributed by atoms with Gasteiger partial charge in [0, 0.05) is 24.7 Å². The Balaban J connectivity index is 1.89. The molecule has 3 rings (SSSR count). The summed E-state index contributed by atoms with van der Waals surface area (Å²) in [6, 6.07) is 5.63. The molecular weight excluding hydrogens is 483 g/mol. The van der Waals surface area contributed by atoms with Crippen LogP contribution in [0.5, 0.6) is 11.5 Å². The molecule has 0 fully saturated rings. The zero-order valence-electron chi connectivity index (χ0n) is 21.9. The molecule has 9 nitrogen and oxygen atoms in total. The van der Waals surface area contributed by atoms with Crippen molar-refractivity contribution < 1.29 is 18.6 Å². The first-order valence-corrected chi connectivity index (χ1v) is 12.7. The molecule has 0 aliphatic rings. The van der Waals surface area contributed by atoms with Crippen molar-refractivity contribution in [3.05, 3.63) is 48.1 Å². The molecule has 0 saturated heterocycles. The number of aryl methyl sites for hydroxylation is 1. The number of nitrogens with zero attached hydrogens (tertiary/aromatic N) is 5. The second-order valence-electron chi connectivity index (χ2n) is 9.08. The van der Waals surface area contributed by atoms with Gasteiger partial charge in [-0.1, -0.05) is 19.9 Å². The second-order valence-corrected chi connectivity index (χ2v) is 10.3. The summed E-state index contributed by atoms with van der Waals surface area (Å²) >= 11 is 1.47. The van der Waals surface area contributed by atoms with E-state index in [0.717, 1.165) is 24.4 Å². The van der Waals surface area contributed by atoms with E-state index in [9.17, 15) is 4.39 Å². The van der Waals surface area contributed by atoms with Crippen LogP contribution in [0.2, 0.25) is 0 Å². The number of ether oxygens (including phenoxy) is 3. The van der Waals surface area contributed by atoms with Gasteiger partial charge in [-0.2, -0.15) is 0 Å². The van der Waals surface area contributed by atoms with E-state index >= 15 is 0 Å². The third-order valence-corrected chi connectivity index (χ3v) is 7.26. The fraction of sp³-hybridized carbons (Fsp3) is 0.520. The van der Waals surface area contributed by atoms with E-state index in [1.807, 2.05) is 36.6 Å². The van der Waals surface area contributed by atoms with Gasteiger partial charge in [-0.3, -0.25) is 9.29 Å². The number of aromatic nitrogens is 5. The monoisotopic (exact) mass is 518 g/mol. The molecule has 196 valence electrons. The molecule has 0 amide bonds. The van der Waals surface area contributed by atoms with E-state index < -0.39 is 5.82 Å². The summed E-state index contributed by atoms with van der Waals surface area (Å²) in [5.41, 5.74) is 0.497. The van der Waals surface area contributed by atoms with Gasteiger partial charge in [0.1, 0.15) is 28.8 Å². The lowest BCUT2D eigenvalue weighted by Gasteiger charge is -2.23. The van der Waals surface area contributed by atoms with Crippen LogP contribution in [-0.4, -0.2) is 56.9 Å². The quantitative estimate of drug-likeness (QED) is 0.306. The van der Waals surface area contributed by atoms with Crippen molar-refractivity contribution in [2.24, 2.45) is 0 Å². The molecule has 36 heavy (non-hydrogen) atoms. The Morgan fingerprint density at radius 2 is 1.69 bits per heavy atom. The first kappa shape index (κ1) is 27.7. The molecule has 2 heterocycles. The Labute approximate surface area is 216 Å². The zero-order chi connectivity index (χ0) is 26.3. The smallest absolute Gasteiger partial charge is 0.239 e. The van der Waals surface area contributed by atoms with Crippen LogP contribution in [-0.2, 0) is 11.2 Å². The SMILES string of the molecule is COc1cccc(OC)c1-n1c(CCCC(C)(C)OC)nnc1NSC(C)C(C)c1ncc(F)cn1. The number of anilines is 1. The first-order chi connectivity index (χ1) is 17.2. The normalized spacial score (nSPS) is 13.3. The second kappa shape index (κ2) is 12.4. The summed E-state index contributed by atoms with van der Waals surface area (Å²) in [6.45, 7) is 8.19. The van der Waals surface area contributed by atoms with Crippen LogP contribution in [0.15, 0.2) is 30.6 Å². The minimum absolute atomic E-state index is 0.0315. The van der Waals surface area contributed by atoms with Gasteiger partial charge in [0.2, 0.25) is 5.95 Å². The Kier molecular flexibility index (Phi) is 9.49. The van der Waals surface area contributed by atoms with E-state index in [1.165, 1.54) is 24.3 Å². The van der Waals surface area contributed by atoms with Crippen molar-refractivity contribution in [2.75, 3.05) is 26.1 Å². The molecule has 0 bridgehead atoms. The van der Waals surface area contributed by atoms with Gasteiger partial charge in [-0.15, -0.1) is 10.2 Å². The summed E-state index contributed by atoms with van der Waals surface area (Å²) in [5, 5.41) is 9.00. The third-order valence-electron chi connectivity index (χ3n) is 6.18. The van der Waals surface area contributed by atoms with Gasteiger partial charge < -0.3 is 14.2 Å². The van der Waals surface area contributed by atoms with Crippen LogP contribution < -0.4 is 14.2 Å². The summed E-state index contributed by atoms with van der Waals surface area (Å²) in [6.07, 6.45) is 4.78. The van der Waals surface area contributed by atoms with Crippen LogP contribution in [0.25, 0.3) is 5.69 Å². The molecule has 11 heteroatoms. The molecule has 2 unspecified atom stereocenters. The summed E-state index contributed by atoms with van der Waals surface area (Å²) in [7, 11) is 4.97. The highest BCUT2D eigenvalue weighted by Gasteiger charge is 2.24. The Morgan fingerprint density at radius 3 is 2.28 bits per heavy atom. The predicted octanol–water partition coefficient (Wildman–Crippen LogP) is 5.21. The van der Waals surface area contributed by atoms with Crippen LogP contribution in [0.1, 0.15) is 58.1 Å². The largest absolute Gasteiger partial charge is 0.494 e. The lowest BCUT2D eigenvalue weighted by atomic mass is 10.0. The highest BCUT2D eigenvalue weighted by Crippen LogP contribution is 2.37. The van der Waals surface area contributed by atoms with E-state index in [0.29, 0.717) is 29.7 Å². The number of methoxy groups -OCH3 is 3. The number of hydrogen-bond acceptors (Lipinski definition) is 9. The minimum atomic E-state index is -0.454. The van der Waals surface area contributed by atoms with E-state index in [-0.39, 0.29) is 16.8 Å². The van der Waals surface area contributed by atoms with Crippen molar-refractivity contribution in [3.63, 3.8) is 0 Å². The standard InChI is InChI=1S/C25H35FN6O3S/c1-16(23-27-14-18(26)15-28-23)17(2)36-31-24-30-29-21(12-9-13-25(3,4)35-7)32(24)22-19(33-5)10-8-11-20(22)34-6/h8,10-11,14-17H,9,12-13H2,1-7H3,(H,30,31). The molecule has 1 aromatic carbocycles. The number of nitrogens with one attached hydrogen (secondary N) is 1. The van der Waals surface area contributed by atoms with Crippen molar-refractivity contribution in [2.45, 2.75) is 63.7 Å². The van der Waals surface area contributed by atoms with Gasteiger partial charge in [-0.05, 0) is 50.8 Å². The number of hydrogen-bond donors (Lipinski definition) is 1. The fourth-order valence-corrected chi connectivity index (χ4v) is 4.37. The summed E-state index contributed by atoms with van der Waals surface area (Å²) in [5.74, 6) is 2.69. The van der Waals surface area contributed by atoms with Crippen molar-refractivity contribution >= 4 is 17.9 Å². The maximum absolute atomic E-state index is 13.2. The van der Waals surface area contributed by atoms with Gasteiger partial charge in [0.15, 0.2) is 5.82 Å². The maximum Gasteiger partial charge on any atom is 0.239 e. The van der Waals surface area contributed by atoms with Crippen LogP contribution >= 0.6 is 11.9 Å². The van der Waals surface area contributed by atoms with Crippen LogP contribution in [0.3, 0.4) is 0 Å². The molecule has 0 spiro atoms. The first-order valence-electron chi connectivity index (χ1n) is 11.8. The average Bonchev–Trinajstić information content (AvgIpc) is 3.28. The zero-order valence-corrected chi connectivity index (χ0v) is 22.7. The summed E-state index contributed by atoms with van der Waals surface area (Å²) in [4.78, 5) is 8.25. The van der Waals surface area contributed by atoms with Crippen molar-refractivity contribution in [3.8, 4) is 17.2 Å². The molecule has 2 atom stereocenters.